The lowest BCUT2D eigenvalue weighted by Crippen LogP contribution is -2.08. The maximum absolute atomic E-state index is 13.3. The van der Waals surface area contributed by atoms with E-state index in [4.69, 9.17) is 5.73 Å². The number of fused-ring (bicyclic) bond motifs is 1. The minimum Gasteiger partial charge on any atom is -0.324 e. The summed E-state index contributed by atoms with van der Waals surface area (Å²) in [6.45, 7) is 0. The third-order valence-electron chi connectivity index (χ3n) is 2.39. The minimum atomic E-state index is -0.831. The van der Waals surface area contributed by atoms with Crippen molar-refractivity contribution in [1.82, 2.24) is 0 Å². The second kappa shape index (κ2) is 3.03. The number of rotatable bonds is 0. The zero-order chi connectivity index (χ0) is 9.59. The van der Waals surface area contributed by atoms with Gasteiger partial charge in [-0.2, -0.15) is 0 Å². The summed E-state index contributed by atoms with van der Waals surface area (Å²) in [5, 5.41) is 0. The maximum Gasteiger partial charge on any atom is 0.163 e. The van der Waals surface area contributed by atoms with E-state index in [1.165, 1.54) is 0 Å². The van der Waals surface area contributed by atoms with Crippen LogP contribution in [-0.4, -0.2) is 0 Å². The first-order chi connectivity index (χ1) is 6.11. The molecule has 0 saturated carbocycles. The Labute approximate surface area is 83.1 Å². The van der Waals surface area contributed by atoms with Gasteiger partial charge in [0.15, 0.2) is 11.6 Å². The van der Waals surface area contributed by atoms with Gasteiger partial charge in [0.25, 0.3) is 0 Å². The molecule has 0 aromatic heterocycles. The first-order valence-corrected chi connectivity index (χ1v) is 4.82. The summed E-state index contributed by atoms with van der Waals surface area (Å²) >= 11 is 3.20. The molecule has 0 radical (unpaired) electrons. The quantitative estimate of drug-likeness (QED) is 0.702. The molecule has 13 heavy (non-hydrogen) atoms. The molecular weight excluding hydrogens is 240 g/mol. The Kier molecular flexibility index (Phi) is 2.12. The van der Waals surface area contributed by atoms with Crippen LogP contribution in [0.3, 0.4) is 0 Å². The monoisotopic (exact) mass is 247 g/mol. The molecule has 1 aromatic carbocycles. The molecule has 2 rings (SSSR count). The van der Waals surface area contributed by atoms with Crippen LogP contribution in [0, 0.1) is 11.6 Å². The summed E-state index contributed by atoms with van der Waals surface area (Å²) in [4.78, 5) is 0. The van der Waals surface area contributed by atoms with Crippen LogP contribution in [0.2, 0.25) is 0 Å². The van der Waals surface area contributed by atoms with Crippen molar-refractivity contribution in [2.45, 2.75) is 18.9 Å². The van der Waals surface area contributed by atoms with Crippen molar-refractivity contribution in [3.63, 3.8) is 0 Å². The van der Waals surface area contributed by atoms with Crippen LogP contribution in [0.1, 0.15) is 23.6 Å². The normalized spacial score (nSPS) is 20.5. The van der Waals surface area contributed by atoms with Crippen LogP contribution < -0.4 is 5.73 Å². The largest absolute Gasteiger partial charge is 0.324 e. The number of nitrogens with two attached hydrogens (primary N) is 1. The average Bonchev–Trinajstić information content (AvgIpc) is 2.44. The van der Waals surface area contributed by atoms with E-state index in [2.05, 4.69) is 15.9 Å². The molecule has 0 fully saturated rings. The van der Waals surface area contributed by atoms with Gasteiger partial charge in [-0.25, -0.2) is 8.78 Å². The summed E-state index contributed by atoms with van der Waals surface area (Å²) in [6, 6.07) is 0.800. The van der Waals surface area contributed by atoms with Crippen molar-refractivity contribution in [3.05, 3.63) is 33.3 Å². The molecule has 1 aliphatic carbocycles. The van der Waals surface area contributed by atoms with Crippen LogP contribution in [-0.2, 0) is 6.42 Å². The molecule has 1 aliphatic rings. The fraction of sp³-hybridized carbons (Fsp3) is 0.333. The smallest absolute Gasteiger partial charge is 0.163 e. The third-order valence-corrected chi connectivity index (χ3v) is 3.10. The topological polar surface area (TPSA) is 26.0 Å². The summed E-state index contributed by atoms with van der Waals surface area (Å²) in [6.07, 6.45) is 1.41. The van der Waals surface area contributed by atoms with E-state index in [0.29, 0.717) is 22.9 Å². The molecule has 0 aliphatic heterocycles. The fourth-order valence-electron chi connectivity index (χ4n) is 1.74. The third kappa shape index (κ3) is 1.28. The Morgan fingerprint density at radius 3 is 2.85 bits per heavy atom. The number of hydrogen-bond donors (Lipinski definition) is 1. The van der Waals surface area contributed by atoms with Crippen molar-refractivity contribution in [2.75, 3.05) is 0 Å². The van der Waals surface area contributed by atoms with Gasteiger partial charge >= 0.3 is 0 Å². The first-order valence-electron chi connectivity index (χ1n) is 4.03. The zero-order valence-electron chi connectivity index (χ0n) is 6.78. The predicted octanol–water partition coefficient (Wildman–Crippen LogP) is 2.67. The molecule has 0 saturated heterocycles. The lowest BCUT2D eigenvalue weighted by molar-refractivity contribution is 0.491. The van der Waals surface area contributed by atoms with Gasteiger partial charge in [0, 0.05) is 16.1 Å². The fourth-order valence-corrected chi connectivity index (χ4v) is 2.35. The van der Waals surface area contributed by atoms with Crippen LogP contribution in [0.5, 0.6) is 0 Å². The van der Waals surface area contributed by atoms with Crippen molar-refractivity contribution < 1.29 is 8.78 Å². The molecule has 4 heteroatoms. The molecule has 1 atom stereocenters. The van der Waals surface area contributed by atoms with Crippen molar-refractivity contribution in [3.8, 4) is 0 Å². The van der Waals surface area contributed by atoms with Crippen LogP contribution >= 0.6 is 15.9 Å². The Morgan fingerprint density at radius 1 is 1.46 bits per heavy atom. The highest BCUT2D eigenvalue weighted by Crippen LogP contribution is 2.37. The molecule has 2 N–H and O–H groups in total. The Bertz CT molecular complexity index is 365. The van der Waals surface area contributed by atoms with E-state index in [1.807, 2.05) is 0 Å². The van der Waals surface area contributed by atoms with E-state index < -0.39 is 11.6 Å². The molecule has 0 amide bonds. The van der Waals surface area contributed by atoms with Crippen molar-refractivity contribution >= 4 is 15.9 Å². The van der Waals surface area contributed by atoms with Gasteiger partial charge in [0.2, 0.25) is 0 Å². The van der Waals surface area contributed by atoms with Gasteiger partial charge in [-0.15, -0.1) is 0 Å². The van der Waals surface area contributed by atoms with Crippen LogP contribution in [0.15, 0.2) is 10.5 Å². The van der Waals surface area contributed by atoms with E-state index in [1.54, 1.807) is 0 Å². The molecule has 0 spiro atoms. The molecular formula is C9H8BrF2N. The number of benzene rings is 1. The van der Waals surface area contributed by atoms with E-state index >= 15 is 0 Å². The van der Waals surface area contributed by atoms with Gasteiger partial charge in [0.05, 0.1) is 0 Å². The van der Waals surface area contributed by atoms with Gasteiger partial charge < -0.3 is 5.73 Å². The highest BCUT2D eigenvalue weighted by atomic mass is 79.9. The second-order valence-corrected chi connectivity index (χ2v) is 4.05. The predicted molar refractivity (Wildman–Crippen MR) is 49.3 cm³/mol. The first kappa shape index (κ1) is 9.09. The minimum absolute atomic E-state index is 0.340. The van der Waals surface area contributed by atoms with E-state index in [-0.39, 0.29) is 6.04 Å². The highest BCUT2D eigenvalue weighted by molar-refractivity contribution is 9.10. The lowest BCUT2D eigenvalue weighted by Gasteiger charge is -2.08. The Balaban J connectivity index is 2.70. The van der Waals surface area contributed by atoms with Gasteiger partial charge in [-0.3, -0.25) is 0 Å². The highest BCUT2D eigenvalue weighted by Gasteiger charge is 2.27. The van der Waals surface area contributed by atoms with E-state index in [0.717, 1.165) is 11.6 Å². The summed E-state index contributed by atoms with van der Waals surface area (Å²) < 4.78 is 26.8. The number of halogens is 3. The van der Waals surface area contributed by atoms with Gasteiger partial charge in [-0.05, 0) is 24.5 Å². The molecule has 0 bridgehead atoms. The molecule has 70 valence electrons. The Morgan fingerprint density at radius 2 is 2.15 bits per heavy atom. The van der Waals surface area contributed by atoms with E-state index in [9.17, 15) is 8.78 Å². The van der Waals surface area contributed by atoms with Crippen molar-refractivity contribution in [1.29, 1.82) is 0 Å². The molecule has 1 nitrogen and oxygen atoms in total. The zero-order valence-corrected chi connectivity index (χ0v) is 8.37. The van der Waals surface area contributed by atoms with Gasteiger partial charge in [-0.1, -0.05) is 15.9 Å². The van der Waals surface area contributed by atoms with Crippen molar-refractivity contribution in [2.24, 2.45) is 5.73 Å². The SMILES string of the molecule is N[C@H]1CCc2c(Br)cc(F)c(F)c21. The van der Waals surface area contributed by atoms with Gasteiger partial charge in [0.1, 0.15) is 0 Å². The van der Waals surface area contributed by atoms with Crippen LogP contribution in [0.4, 0.5) is 8.78 Å². The van der Waals surface area contributed by atoms with Crippen LogP contribution in [0.25, 0.3) is 0 Å². The number of hydrogen-bond acceptors (Lipinski definition) is 1. The molecule has 0 unspecified atom stereocenters. The lowest BCUT2D eigenvalue weighted by atomic mass is 10.1. The standard InChI is InChI=1S/C9H8BrF2N/c10-5-3-6(11)9(12)8-4(5)1-2-7(8)13/h3,7H,1-2,13H2/t7-/m0/s1. The maximum atomic E-state index is 13.3. The second-order valence-electron chi connectivity index (χ2n) is 3.19. The summed E-state index contributed by atoms with van der Waals surface area (Å²) in [5.74, 6) is -1.62. The molecule has 0 heterocycles. The molecule has 1 aromatic rings. The average molecular weight is 248 g/mol. The summed E-state index contributed by atoms with van der Waals surface area (Å²) in [7, 11) is 0. The Hall–Kier alpha value is -0.480. The summed E-state index contributed by atoms with van der Waals surface area (Å²) in [5.41, 5.74) is 6.81.